The SMILES string of the molecule is CCCCCOC(=O)c1ccc(N=C2C(=O)Nc3c(C)cccc32)cc1. The fourth-order valence-electron chi connectivity index (χ4n) is 2.84. The fraction of sp³-hybridized carbons (Fsp3) is 0.286. The second-order valence-corrected chi connectivity index (χ2v) is 6.30. The Morgan fingerprint density at radius 3 is 2.62 bits per heavy atom. The molecule has 2 aromatic rings. The molecule has 1 N–H and O–H groups in total. The molecule has 2 aromatic carbocycles. The highest BCUT2D eigenvalue weighted by atomic mass is 16.5. The van der Waals surface area contributed by atoms with Crippen LogP contribution in [0.5, 0.6) is 0 Å². The van der Waals surface area contributed by atoms with Crippen LogP contribution in [0.25, 0.3) is 0 Å². The van der Waals surface area contributed by atoms with Gasteiger partial charge < -0.3 is 10.1 Å². The van der Waals surface area contributed by atoms with Gasteiger partial charge in [0.25, 0.3) is 5.91 Å². The monoisotopic (exact) mass is 350 g/mol. The molecule has 0 atom stereocenters. The third-order valence-corrected chi connectivity index (χ3v) is 4.31. The minimum absolute atomic E-state index is 0.214. The predicted molar refractivity (Wildman–Crippen MR) is 102 cm³/mol. The minimum atomic E-state index is -0.333. The second-order valence-electron chi connectivity index (χ2n) is 6.30. The molecule has 0 aromatic heterocycles. The van der Waals surface area contributed by atoms with Gasteiger partial charge in [0.05, 0.1) is 23.5 Å². The quantitative estimate of drug-likeness (QED) is 0.619. The molecule has 134 valence electrons. The lowest BCUT2D eigenvalue weighted by atomic mass is 10.1. The highest BCUT2D eigenvalue weighted by Gasteiger charge is 2.26. The normalized spacial score (nSPS) is 14.2. The highest BCUT2D eigenvalue weighted by Crippen LogP contribution is 2.28. The van der Waals surface area contributed by atoms with Crippen molar-refractivity contribution in [3.8, 4) is 0 Å². The van der Waals surface area contributed by atoms with Gasteiger partial charge in [0.15, 0.2) is 0 Å². The fourth-order valence-corrected chi connectivity index (χ4v) is 2.84. The summed E-state index contributed by atoms with van der Waals surface area (Å²) in [5.41, 5.74) is 4.10. The minimum Gasteiger partial charge on any atom is -0.462 e. The second kappa shape index (κ2) is 7.95. The van der Waals surface area contributed by atoms with E-state index in [0.29, 0.717) is 23.6 Å². The van der Waals surface area contributed by atoms with E-state index in [4.69, 9.17) is 4.74 Å². The van der Waals surface area contributed by atoms with Gasteiger partial charge in [-0.2, -0.15) is 0 Å². The number of hydrogen-bond acceptors (Lipinski definition) is 4. The number of hydrogen-bond donors (Lipinski definition) is 1. The molecule has 0 spiro atoms. The zero-order valence-corrected chi connectivity index (χ0v) is 15.0. The number of carbonyl (C=O) groups is 2. The Balaban J connectivity index is 1.74. The molecular formula is C21H22N2O3. The zero-order chi connectivity index (χ0) is 18.5. The smallest absolute Gasteiger partial charge is 0.338 e. The Morgan fingerprint density at radius 1 is 1.12 bits per heavy atom. The van der Waals surface area contributed by atoms with E-state index in [1.807, 2.05) is 25.1 Å². The van der Waals surface area contributed by atoms with Crippen molar-refractivity contribution in [2.75, 3.05) is 11.9 Å². The maximum Gasteiger partial charge on any atom is 0.338 e. The van der Waals surface area contributed by atoms with Crippen LogP contribution in [0.3, 0.4) is 0 Å². The van der Waals surface area contributed by atoms with Gasteiger partial charge in [0.1, 0.15) is 5.71 Å². The average Bonchev–Trinajstić information content (AvgIpc) is 2.96. The molecular weight excluding hydrogens is 328 g/mol. The van der Waals surface area contributed by atoms with Gasteiger partial charge in [-0.15, -0.1) is 0 Å². The third-order valence-electron chi connectivity index (χ3n) is 4.31. The number of carbonyl (C=O) groups excluding carboxylic acids is 2. The zero-order valence-electron chi connectivity index (χ0n) is 15.0. The van der Waals surface area contributed by atoms with E-state index < -0.39 is 0 Å². The van der Waals surface area contributed by atoms with Crippen LogP contribution in [0, 0.1) is 6.92 Å². The van der Waals surface area contributed by atoms with Crippen LogP contribution in [-0.4, -0.2) is 24.2 Å². The summed E-state index contributed by atoms with van der Waals surface area (Å²) >= 11 is 0. The van der Waals surface area contributed by atoms with Crippen molar-refractivity contribution in [2.45, 2.75) is 33.1 Å². The number of aliphatic imine (C=N–C) groups is 1. The van der Waals surface area contributed by atoms with Gasteiger partial charge in [0, 0.05) is 5.56 Å². The molecule has 3 rings (SSSR count). The number of benzene rings is 2. The molecule has 0 bridgehead atoms. The first-order valence-corrected chi connectivity index (χ1v) is 8.87. The van der Waals surface area contributed by atoms with E-state index >= 15 is 0 Å². The van der Waals surface area contributed by atoms with Crippen LogP contribution < -0.4 is 5.32 Å². The number of anilines is 1. The maximum absolute atomic E-state index is 12.2. The molecule has 1 aliphatic rings. The lowest BCUT2D eigenvalue weighted by molar-refractivity contribution is -0.110. The van der Waals surface area contributed by atoms with Crippen LogP contribution in [0.4, 0.5) is 11.4 Å². The maximum atomic E-state index is 12.2. The Labute approximate surface area is 153 Å². The van der Waals surface area contributed by atoms with Crippen LogP contribution >= 0.6 is 0 Å². The number of aryl methyl sites for hydroxylation is 1. The molecule has 0 saturated heterocycles. The van der Waals surface area contributed by atoms with E-state index in [2.05, 4.69) is 17.2 Å². The topological polar surface area (TPSA) is 67.8 Å². The van der Waals surface area contributed by atoms with E-state index in [0.717, 1.165) is 36.1 Å². The molecule has 0 saturated carbocycles. The number of nitrogens with zero attached hydrogens (tertiary/aromatic N) is 1. The van der Waals surface area contributed by atoms with E-state index in [9.17, 15) is 9.59 Å². The van der Waals surface area contributed by atoms with Crippen LogP contribution in [0.2, 0.25) is 0 Å². The molecule has 26 heavy (non-hydrogen) atoms. The van der Waals surface area contributed by atoms with Gasteiger partial charge in [-0.1, -0.05) is 38.0 Å². The lowest BCUT2D eigenvalue weighted by Gasteiger charge is -2.05. The summed E-state index contributed by atoms with van der Waals surface area (Å²) in [5, 5.41) is 2.86. The van der Waals surface area contributed by atoms with Crippen molar-refractivity contribution >= 4 is 29.0 Å². The number of ether oxygens (including phenoxy) is 1. The Morgan fingerprint density at radius 2 is 1.88 bits per heavy atom. The number of para-hydroxylation sites is 1. The van der Waals surface area contributed by atoms with Crippen LogP contribution in [-0.2, 0) is 9.53 Å². The largest absolute Gasteiger partial charge is 0.462 e. The summed E-state index contributed by atoms with van der Waals surface area (Å²) in [7, 11) is 0. The van der Waals surface area contributed by atoms with Crippen molar-refractivity contribution in [3.63, 3.8) is 0 Å². The summed E-state index contributed by atoms with van der Waals surface area (Å²) in [6, 6.07) is 12.5. The summed E-state index contributed by atoms with van der Waals surface area (Å²) < 4.78 is 5.24. The Kier molecular flexibility index (Phi) is 5.46. The average molecular weight is 350 g/mol. The van der Waals surface area contributed by atoms with Crippen molar-refractivity contribution in [1.82, 2.24) is 0 Å². The number of fused-ring (bicyclic) bond motifs is 1. The van der Waals surface area contributed by atoms with Crippen molar-refractivity contribution in [1.29, 1.82) is 0 Å². The third kappa shape index (κ3) is 3.82. The molecule has 0 aliphatic carbocycles. The highest BCUT2D eigenvalue weighted by molar-refractivity contribution is 6.54. The van der Waals surface area contributed by atoms with Crippen molar-refractivity contribution in [2.24, 2.45) is 4.99 Å². The predicted octanol–water partition coefficient (Wildman–Crippen LogP) is 4.41. The van der Waals surface area contributed by atoms with Crippen LogP contribution in [0.15, 0.2) is 47.5 Å². The number of rotatable bonds is 6. The molecule has 1 aliphatic heterocycles. The number of nitrogens with one attached hydrogen (secondary N) is 1. The lowest BCUT2D eigenvalue weighted by Crippen LogP contribution is -2.14. The van der Waals surface area contributed by atoms with Crippen molar-refractivity contribution in [3.05, 3.63) is 59.2 Å². The molecule has 1 heterocycles. The first-order chi connectivity index (χ1) is 12.6. The Hall–Kier alpha value is -2.95. The summed E-state index contributed by atoms with van der Waals surface area (Å²) in [6.07, 6.45) is 3.01. The molecule has 5 heteroatoms. The van der Waals surface area contributed by atoms with E-state index in [-0.39, 0.29) is 11.9 Å². The standard InChI is InChI=1S/C21H22N2O3/c1-3-4-5-13-26-21(25)15-9-11-16(12-10-15)22-19-17-8-6-7-14(2)18(17)23-20(19)24/h6-12H,3-5,13H2,1-2H3,(H,22,23,24). The molecule has 1 amide bonds. The Bertz CT molecular complexity index is 854. The van der Waals surface area contributed by atoms with Crippen molar-refractivity contribution < 1.29 is 14.3 Å². The van der Waals surface area contributed by atoms with Gasteiger partial charge >= 0.3 is 5.97 Å². The first kappa shape index (κ1) is 17.9. The van der Waals surface area contributed by atoms with Crippen LogP contribution in [0.1, 0.15) is 47.7 Å². The molecule has 0 radical (unpaired) electrons. The van der Waals surface area contributed by atoms with E-state index in [1.165, 1.54) is 0 Å². The van der Waals surface area contributed by atoms with Gasteiger partial charge in [-0.3, -0.25) is 4.79 Å². The van der Waals surface area contributed by atoms with Gasteiger partial charge in [0.2, 0.25) is 0 Å². The van der Waals surface area contributed by atoms with Gasteiger partial charge in [-0.25, -0.2) is 9.79 Å². The molecule has 0 fully saturated rings. The summed E-state index contributed by atoms with van der Waals surface area (Å²) in [4.78, 5) is 28.7. The van der Waals surface area contributed by atoms with E-state index in [1.54, 1.807) is 24.3 Å². The van der Waals surface area contributed by atoms with Gasteiger partial charge in [-0.05, 0) is 43.2 Å². The number of unbranched alkanes of at least 4 members (excludes halogenated alkanes) is 2. The summed E-state index contributed by atoms with van der Waals surface area (Å²) in [6.45, 7) is 4.49. The summed E-state index contributed by atoms with van der Waals surface area (Å²) in [5.74, 6) is -0.548. The number of esters is 1. The number of amides is 1. The molecule has 0 unspecified atom stereocenters. The molecule has 5 nitrogen and oxygen atoms in total. The first-order valence-electron chi connectivity index (χ1n) is 8.87.